The number of thioether (sulfide) groups is 1. The molecular weight excluding hydrogens is 286 g/mol. The van der Waals surface area contributed by atoms with Gasteiger partial charge in [-0.05, 0) is 25.0 Å². The third-order valence-corrected chi connectivity index (χ3v) is 3.89. The zero-order valence-electron chi connectivity index (χ0n) is 12.3. The quantitative estimate of drug-likeness (QED) is 0.447. The van der Waals surface area contributed by atoms with Crippen molar-refractivity contribution in [2.24, 2.45) is 0 Å². The van der Waals surface area contributed by atoms with Crippen LogP contribution in [0, 0.1) is 6.92 Å². The standard InChI is InChI=1S/C15H19N3O2S/c1-3-4-9-20-14(19)10-21-15-17-16-11-18(15)13-8-6-5-7-12(13)2/h5-8,11H,3-4,9-10H2,1-2H3. The number of hydrogen-bond donors (Lipinski definition) is 0. The van der Waals surface area contributed by atoms with E-state index in [1.807, 2.05) is 35.8 Å². The van der Waals surface area contributed by atoms with Gasteiger partial charge in [0.2, 0.25) is 0 Å². The highest BCUT2D eigenvalue weighted by Crippen LogP contribution is 2.21. The molecule has 0 atom stereocenters. The Balaban J connectivity index is 1.98. The summed E-state index contributed by atoms with van der Waals surface area (Å²) < 4.78 is 7.02. The lowest BCUT2D eigenvalue weighted by Gasteiger charge is -2.08. The molecule has 0 aliphatic heterocycles. The van der Waals surface area contributed by atoms with Crippen molar-refractivity contribution >= 4 is 17.7 Å². The van der Waals surface area contributed by atoms with Crippen LogP contribution in [-0.2, 0) is 9.53 Å². The number of carbonyl (C=O) groups is 1. The molecule has 1 aromatic carbocycles. The van der Waals surface area contributed by atoms with Crippen LogP contribution < -0.4 is 0 Å². The van der Waals surface area contributed by atoms with E-state index in [2.05, 4.69) is 17.1 Å². The van der Waals surface area contributed by atoms with Gasteiger partial charge in [0.25, 0.3) is 0 Å². The molecule has 5 nitrogen and oxygen atoms in total. The lowest BCUT2D eigenvalue weighted by Crippen LogP contribution is -2.09. The van der Waals surface area contributed by atoms with Crippen molar-refractivity contribution in [3.05, 3.63) is 36.2 Å². The van der Waals surface area contributed by atoms with Gasteiger partial charge in [-0.1, -0.05) is 43.3 Å². The molecule has 0 saturated heterocycles. The Bertz CT molecular complexity index is 598. The summed E-state index contributed by atoms with van der Waals surface area (Å²) in [5.41, 5.74) is 2.15. The fourth-order valence-electron chi connectivity index (χ4n) is 1.82. The molecule has 0 aliphatic carbocycles. The van der Waals surface area contributed by atoms with Crippen molar-refractivity contribution in [1.29, 1.82) is 0 Å². The van der Waals surface area contributed by atoms with Gasteiger partial charge in [-0.2, -0.15) is 0 Å². The summed E-state index contributed by atoms with van der Waals surface area (Å²) in [6.07, 6.45) is 3.57. The van der Waals surface area contributed by atoms with Crippen molar-refractivity contribution in [1.82, 2.24) is 14.8 Å². The summed E-state index contributed by atoms with van der Waals surface area (Å²) in [4.78, 5) is 11.6. The lowest BCUT2D eigenvalue weighted by atomic mass is 10.2. The Kier molecular flexibility index (Phi) is 5.80. The van der Waals surface area contributed by atoms with E-state index in [1.165, 1.54) is 11.8 Å². The molecule has 0 aliphatic rings. The van der Waals surface area contributed by atoms with Crippen molar-refractivity contribution in [3.63, 3.8) is 0 Å². The molecule has 0 fully saturated rings. The number of esters is 1. The number of rotatable bonds is 7. The Hall–Kier alpha value is -1.82. The van der Waals surface area contributed by atoms with Crippen molar-refractivity contribution in [3.8, 4) is 5.69 Å². The van der Waals surface area contributed by atoms with Gasteiger partial charge in [0.15, 0.2) is 5.16 Å². The highest BCUT2D eigenvalue weighted by Gasteiger charge is 2.11. The average molecular weight is 305 g/mol. The number of ether oxygens (including phenoxy) is 1. The van der Waals surface area contributed by atoms with Gasteiger partial charge in [0, 0.05) is 0 Å². The number of hydrogen-bond acceptors (Lipinski definition) is 5. The maximum Gasteiger partial charge on any atom is 0.316 e. The number of para-hydroxylation sites is 1. The Morgan fingerprint density at radius 2 is 2.19 bits per heavy atom. The number of unbranched alkanes of at least 4 members (excludes halogenated alkanes) is 1. The van der Waals surface area contributed by atoms with E-state index >= 15 is 0 Å². The maximum atomic E-state index is 11.6. The molecule has 0 saturated carbocycles. The normalized spacial score (nSPS) is 10.6. The van der Waals surface area contributed by atoms with Crippen LogP contribution in [0.1, 0.15) is 25.3 Å². The molecule has 1 aromatic heterocycles. The highest BCUT2D eigenvalue weighted by atomic mass is 32.2. The Morgan fingerprint density at radius 1 is 1.38 bits per heavy atom. The summed E-state index contributed by atoms with van der Waals surface area (Å²) in [6.45, 7) is 4.58. The number of aryl methyl sites for hydroxylation is 1. The molecule has 21 heavy (non-hydrogen) atoms. The molecule has 0 radical (unpaired) electrons. The van der Waals surface area contributed by atoms with Gasteiger partial charge in [0.1, 0.15) is 6.33 Å². The van der Waals surface area contributed by atoms with Crippen LogP contribution in [0.15, 0.2) is 35.7 Å². The molecule has 0 bridgehead atoms. The molecule has 0 unspecified atom stereocenters. The average Bonchev–Trinajstić information content (AvgIpc) is 2.94. The van der Waals surface area contributed by atoms with Crippen LogP contribution in [0.3, 0.4) is 0 Å². The van der Waals surface area contributed by atoms with E-state index in [4.69, 9.17) is 4.74 Å². The van der Waals surface area contributed by atoms with Crippen LogP contribution in [0.5, 0.6) is 0 Å². The van der Waals surface area contributed by atoms with Crippen LogP contribution >= 0.6 is 11.8 Å². The summed E-state index contributed by atoms with van der Waals surface area (Å²) in [6, 6.07) is 7.99. The molecular formula is C15H19N3O2S. The van der Waals surface area contributed by atoms with E-state index in [0.717, 1.165) is 24.1 Å². The summed E-state index contributed by atoms with van der Waals surface area (Å²) >= 11 is 1.34. The number of nitrogens with zero attached hydrogens (tertiary/aromatic N) is 3. The van der Waals surface area contributed by atoms with Gasteiger partial charge in [0.05, 0.1) is 18.0 Å². The monoisotopic (exact) mass is 305 g/mol. The van der Waals surface area contributed by atoms with Crippen LogP contribution in [0.2, 0.25) is 0 Å². The third-order valence-electron chi connectivity index (χ3n) is 2.97. The minimum atomic E-state index is -0.215. The fourth-order valence-corrected chi connectivity index (χ4v) is 2.54. The predicted octanol–water partition coefficient (Wildman–Crippen LogP) is 3.01. The number of carbonyl (C=O) groups excluding carboxylic acids is 1. The molecule has 1 heterocycles. The summed E-state index contributed by atoms with van der Waals surface area (Å²) in [5.74, 6) is 0.0293. The second-order valence-corrected chi connectivity index (χ2v) is 5.58. The fraction of sp³-hybridized carbons (Fsp3) is 0.400. The molecule has 112 valence electrons. The molecule has 0 spiro atoms. The SMILES string of the molecule is CCCCOC(=O)CSc1nncn1-c1ccccc1C. The first kappa shape index (κ1) is 15.6. The smallest absolute Gasteiger partial charge is 0.316 e. The third kappa shape index (κ3) is 4.32. The van der Waals surface area contributed by atoms with Crippen molar-refractivity contribution in [2.45, 2.75) is 31.8 Å². The number of benzene rings is 1. The number of aromatic nitrogens is 3. The van der Waals surface area contributed by atoms with Crippen LogP contribution in [0.25, 0.3) is 5.69 Å². The Morgan fingerprint density at radius 3 is 2.95 bits per heavy atom. The highest BCUT2D eigenvalue weighted by molar-refractivity contribution is 7.99. The zero-order chi connectivity index (χ0) is 15.1. The van der Waals surface area contributed by atoms with Gasteiger partial charge in [-0.3, -0.25) is 9.36 Å². The minimum absolute atomic E-state index is 0.215. The van der Waals surface area contributed by atoms with E-state index in [-0.39, 0.29) is 11.7 Å². The van der Waals surface area contributed by atoms with Gasteiger partial charge in [-0.15, -0.1) is 10.2 Å². The minimum Gasteiger partial charge on any atom is -0.465 e. The second kappa shape index (κ2) is 7.83. The van der Waals surface area contributed by atoms with E-state index in [1.54, 1.807) is 6.33 Å². The summed E-state index contributed by atoms with van der Waals surface area (Å²) in [5, 5.41) is 8.69. The molecule has 0 amide bonds. The molecule has 2 aromatic rings. The van der Waals surface area contributed by atoms with Crippen LogP contribution in [0.4, 0.5) is 0 Å². The molecule has 6 heteroatoms. The lowest BCUT2D eigenvalue weighted by molar-refractivity contribution is -0.140. The van der Waals surface area contributed by atoms with Gasteiger partial charge in [-0.25, -0.2) is 0 Å². The van der Waals surface area contributed by atoms with Crippen LogP contribution in [-0.4, -0.2) is 33.1 Å². The summed E-state index contributed by atoms with van der Waals surface area (Å²) in [7, 11) is 0. The molecule has 0 N–H and O–H groups in total. The largest absolute Gasteiger partial charge is 0.465 e. The van der Waals surface area contributed by atoms with E-state index in [0.29, 0.717) is 11.8 Å². The van der Waals surface area contributed by atoms with E-state index in [9.17, 15) is 4.79 Å². The topological polar surface area (TPSA) is 57.0 Å². The Labute approximate surface area is 128 Å². The van der Waals surface area contributed by atoms with Gasteiger partial charge < -0.3 is 4.74 Å². The molecule has 2 rings (SSSR count). The van der Waals surface area contributed by atoms with E-state index < -0.39 is 0 Å². The first-order valence-corrected chi connectivity index (χ1v) is 7.95. The predicted molar refractivity (Wildman–Crippen MR) is 82.7 cm³/mol. The van der Waals surface area contributed by atoms with Gasteiger partial charge >= 0.3 is 5.97 Å². The zero-order valence-corrected chi connectivity index (χ0v) is 13.1. The van der Waals surface area contributed by atoms with Crippen molar-refractivity contribution in [2.75, 3.05) is 12.4 Å². The maximum absolute atomic E-state index is 11.6. The van der Waals surface area contributed by atoms with Crippen molar-refractivity contribution < 1.29 is 9.53 Å². The first-order valence-electron chi connectivity index (χ1n) is 6.96. The first-order chi connectivity index (χ1) is 10.2. The second-order valence-electron chi connectivity index (χ2n) is 4.63.